The average molecular weight is 473 g/mol. The van der Waals surface area contributed by atoms with E-state index in [9.17, 15) is 4.79 Å². The maximum atomic E-state index is 13.7. The number of rotatable bonds is 4. The molecule has 0 spiro atoms. The summed E-state index contributed by atoms with van der Waals surface area (Å²) in [4.78, 5) is 20.8. The minimum atomic E-state index is 0.0188. The van der Waals surface area contributed by atoms with Crippen LogP contribution in [0.2, 0.25) is 10.0 Å². The number of aromatic nitrogens is 2. The van der Waals surface area contributed by atoms with E-state index in [0.29, 0.717) is 21.0 Å². The third-order valence-electron chi connectivity index (χ3n) is 5.36. The van der Waals surface area contributed by atoms with Gasteiger partial charge in [-0.3, -0.25) is 9.36 Å². The van der Waals surface area contributed by atoms with Gasteiger partial charge in [-0.1, -0.05) is 65.3 Å². The van der Waals surface area contributed by atoms with Crippen LogP contribution in [0.1, 0.15) is 28.8 Å². The van der Waals surface area contributed by atoms with Gasteiger partial charge in [-0.2, -0.15) is 0 Å². The molecule has 2 aromatic heterocycles. The summed E-state index contributed by atoms with van der Waals surface area (Å²) in [6.07, 6.45) is 4.32. The van der Waals surface area contributed by atoms with Crippen molar-refractivity contribution in [1.29, 1.82) is 0 Å². The van der Waals surface area contributed by atoms with E-state index in [1.807, 2.05) is 42.5 Å². The number of hydrogen-bond acceptors (Lipinski definition) is 4. The van der Waals surface area contributed by atoms with Crippen molar-refractivity contribution in [2.45, 2.75) is 36.6 Å². The van der Waals surface area contributed by atoms with E-state index < -0.39 is 0 Å². The second-order valence-electron chi connectivity index (χ2n) is 7.26. The van der Waals surface area contributed by atoms with E-state index in [1.165, 1.54) is 28.6 Å². The quantitative estimate of drug-likeness (QED) is 0.238. The molecule has 30 heavy (non-hydrogen) atoms. The lowest BCUT2D eigenvalue weighted by Crippen LogP contribution is -2.22. The van der Waals surface area contributed by atoms with Crippen LogP contribution in [0.3, 0.4) is 0 Å². The predicted octanol–water partition coefficient (Wildman–Crippen LogP) is 6.93. The molecule has 0 saturated carbocycles. The van der Waals surface area contributed by atoms with Gasteiger partial charge in [0.25, 0.3) is 5.56 Å². The van der Waals surface area contributed by atoms with Crippen molar-refractivity contribution in [2.24, 2.45) is 0 Å². The van der Waals surface area contributed by atoms with Crippen LogP contribution in [0.5, 0.6) is 0 Å². The second kappa shape index (κ2) is 8.39. The fraction of sp³-hybridized carbons (Fsp3) is 0.217. The fourth-order valence-corrected chi connectivity index (χ4v) is 6.66. The first-order chi connectivity index (χ1) is 14.6. The lowest BCUT2D eigenvalue weighted by Gasteiger charge is -2.14. The van der Waals surface area contributed by atoms with Crippen molar-refractivity contribution >= 4 is 56.5 Å². The molecule has 0 saturated heterocycles. The molecule has 0 bridgehead atoms. The van der Waals surface area contributed by atoms with Gasteiger partial charge in [0.15, 0.2) is 5.16 Å². The smallest absolute Gasteiger partial charge is 0.267 e. The number of benzene rings is 2. The number of para-hydroxylation sites is 1. The van der Waals surface area contributed by atoms with Crippen molar-refractivity contribution in [1.82, 2.24) is 9.55 Å². The highest BCUT2D eigenvalue weighted by molar-refractivity contribution is 7.98. The van der Waals surface area contributed by atoms with Gasteiger partial charge < -0.3 is 0 Å². The van der Waals surface area contributed by atoms with E-state index in [4.69, 9.17) is 28.2 Å². The first-order valence-corrected chi connectivity index (χ1v) is 12.4. The maximum absolute atomic E-state index is 13.7. The largest absolute Gasteiger partial charge is 0.268 e. The Bertz CT molecular complexity index is 1300. The number of halogens is 2. The lowest BCUT2D eigenvalue weighted by atomic mass is 9.97. The minimum absolute atomic E-state index is 0.0188. The Labute approximate surface area is 192 Å². The fourth-order valence-electron chi connectivity index (χ4n) is 3.89. The summed E-state index contributed by atoms with van der Waals surface area (Å²) in [6.45, 7) is 0. The van der Waals surface area contributed by atoms with Gasteiger partial charge in [0.1, 0.15) is 4.83 Å². The number of aryl methyl sites for hydroxylation is 2. The molecular formula is C23H18Cl2N2OS2. The molecule has 0 fully saturated rings. The Hall–Kier alpha value is -1.79. The van der Waals surface area contributed by atoms with E-state index >= 15 is 0 Å². The Morgan fingerprint density at radius 3 is 2.67 bits per heavy atom. The van der Waals surface area contributed by atoms with Crippen molar-refractivity contribution in [3.8, 4) is 5.69 Å². The van der Waals surface area contributed by atoms with E-state index in [1.54, 1.807) is 22.0 Å². The molecule has 0 aliphatic heterocycles. The molecule has 152 valence electrons. The molecule has 0 unspecified atom stereocenters. The SMILES string of the molecule is O=c1c2c3c(sc2nc(SCc2cccc(Cl)c2Cl)n1-c1ccccc1)CCCC3. The molecule has 5 rings (SSSR count). The van der Waals surface area contributed by atoms with Gasteiger partial charge in [0.05, 0.1) is 21.1 Å². The van der Waals surface area contributed by atoms with Crippen LogP contribution in [0.25, 0.3) is 15.9 Å². The Kier molecular flexibility index (Phi) is 5.63. The molecule has 4 aromatic rings. The van der Waals surface area contributed by atoms with Crippen LogP contribution in [0.15, 0.2) is 58.5 Å². The van der Waals surface area contributed by atoms with Gasteiger partial charge in [0.2, 0.25) is 0 Å². The van der Waals surface area contributed by atoms with Crippen molar-refractivity contribution < 1.29 is 0 Å². The average Bonchev–Trinajstić information content (AvgIpc) is 3.14. The number of hydrogen-bond donors (Lipinski definition) is 0. The summed E-state index contributed by atoms with van der Waals surface area (Å²) in [5.41, 5.74) is 2.98. The Morgan fingerprint density at radius 2 is 1.83 bits per heavy atom. The van der Waals surface area contributed by atoms with Gasteiger partial charge in [-0.25, -0.2) is 4.98 Å². The third-order valence-corrected chi connectivity index (χ3v) is 8.39. The molecule has 2 heterocycles. The summed E-state index contributed by atoms with van der Waals surface area (Å²) in [6, 6.07) is 15.3. The second-order valence-corrected chi connectivity index (χ2v) is 10.1. The number of thioether (sulfide) groups is 1. The summed E-state index contributed by atoms with van der Waals surface area (Å²) in [5.74, 6) is 0.579. The zero-order valence-electron chi connectivity index (χ0n) is 16.0. The van der Waals surface area contributed by atoms with E-state index in [-0.39, 0.29) is 5.56 Å². The first kappa shape index (κ1) is 20.1. The van der Waals surface area contributed by atoms with Crippen LogP contribution in [-0.2, 0) is 18.6 Å². The third kappa shape index (κ3) is 3.58. The van der Waals surface area contributed by atoms with Gasteiger partial charge in [-0.05, 0) is 55.0 Å². The molecule has 0 N–H and O–H groups in total. The van der Waals surface area contributed by atoms with Crippen molar-refractivity contribution in [3.05, 3.63) is 84.9 Å². The lowest BCUT2D eigenvalue weighted by molar-refractivity contribution is 0.699. The topological polar surface area (TPSA) is 34.9 Å². The normalized spacial score (nSPS) is 13.5. The Morgan fingerprint density at radius 1 is 1.03 bits per heavy atom. The number of thiophene rings is 1. The Balaban J connectivity index is 1.66. The van der Waals surface area contributed by atoms with Gasteiger partial charge >= 0.3 is 0 Å². The summed E-state index contributed by atoms with van der Waals surface area (Å²) in [5, 5.41) is 2.55. The zero-order chi connectivity index (χ0) is 20.7. The number of fused-ring (bicyclic) bond motifs is 3. The monoisotopic (exact) mass is 472 g/mol. The summed E-state index contributed by atoms with van der Waals surface area (Å²) >= 11 is 15.7. The predicted molar refractivity (Wildman–Crippen MR) is 128 cm³/mol. The van der Waals surface area contributed by atoms with Crippen LogP contribution in [0, 0.1) is 0 Å². The summed E-state index contributed by atoms with van der Waals surface area (Å²) < 4.78 is 1.74. The molecule has 0 atom stereocenters. The van der Waals surface area contributed by atoms with Crippen molar-refractivity contribution in [2.75, 3.05) is 0 Å². The summed E-state index contributed by atoms with van der Waals surface area (Å²) in [7, 11) is 0. The van der Waals surface area contributed by atoms with E-state index in [0.717, 1.165) is 40.7 Å². The highest BCUT2D eigenvalue weighted by Crippen LogP contribution is 2.36. The highest BCUT2D eigenvalue weighted by atomic mass is 35.5. The van der Waals surface area contributed by atoms with Gasteiger partial charge in [-0.15, -0.1) is 11.3 Å². The standard InChI is InChI=1S/C23H18Cl2N2OS2/c24-17-11-6-7-14(20(17)25)13-29-23-26-21-19(16-10-4-5-12-18(16)30-21)22(28)27(23)15-8-2-1-3-9-15/h1-3,6-9,11H,4-5,10,12-13H2. The molecule has 0 radical (unpaired) electrons. The molecular weight excluding hydrogens is 455 g/mol. The van der Waals surface area contributed by atoms with E-state index in [2.05, 4.69) is 0 Å². The van der Waals surface area contributed by atoms with Crippen LogP contribution in [0.4, 0.5) is 0 Å². The molecule has 0 amide bonds. The molecule has 3 nitrogen and oxygen atoms in total. The highest BCUT2D eigenvalue weighted by Gasteiger charge is 2.23. The van der Waals surface area contributed by atoms with Crippen LogP contribution >= 0.6 is 46.3 Å². The minimum Gasteiger partial charge on any atom is -0.268 e. The maximum Gasteiger partial charge on any atom is 0.267 e. The molecule has 2 aromatic carbocycles. The molecule has 7 heteroatoms. The zero-order valence-corrected chi connectivity index (χ0v) is 19.2. The van der Waals surface area contributed by atoms with Crippen molar-refractivity contribution in [3.63, 3.8) is 0 Å². The van der Waals surface area contributed by atoms with Crippen LogP contribution < -0.4 is 5.56 Å². The molecule has 1 aliphatic rings. The molecule has 1 aliphatic carbocycles. The van der Waals surface area contributed by atoms with Gasteiger partial charge in [0, 0.05) is 10.6 Å². The van der Waals surface area contributed by atoms with Crippen LogP contribution in [-0.4, -0.2) is 9.55 Å². The first-order valence-electron chi connectivity index (χ1n) is 9.82. The number of nitrogens with zero attached hydrogens (tertiary/aromatic N) is 2.